The van der Waals surface area contributed by atoms with E-state index in [4.69, 9.17) is 5.73 Å². The number of nitrogens with zero attached hydrogens (tertiary/aromatic N) is 1. The van der Waals surface area contributed by atoms with E-state index in [0.29, 0.717) is 5.92 Å². The first-order valence-corrected chi connectivity index (χ1v) is 5.75. The highest BCUT2D eigenvalue weighted by Gasteiger charge is 2.09. The average molecular weight is 184 g/mol. The zero-order valence-electron chi connectivity index (χ0n) is 8.97. The van der Waals surface area contributed by atoms with Crippen LogP contribution in [0.5, 0.6) is 0 Å². The monoisotopic (exact) mass is 184 g/mol. The van der Waals surface area contributed by atoms with Crippen molar-refractivity contribution in [2.24, 2.45) is 11.7 Å². The quantitative estimate of drug-likeness (QED) is 0.722. The van der Waals surface area contributed by atoms with E-state index in [2.05, 4.69) is 11.8 Å². The van der Waals surface area contributed by atoms with E-state index in [1.807, 2.05) is 0 Å². The molecule has 0 aromatic heterocycles. The van der Waals surface area contributed by atoms with E-state index in [1.165, 1.54) is 51.7 Å². The van der Waals surface area contributed by atoms with Crippen molar-refractivity contribution in [3.63, 3.8) is 0 Å². The fraction of sp³-hybridized carbons (Fsp3) is 1.00. The Labute approximate surface area is 82.5 Å². The van der Waals surface area contributed by atoms with Crippen LogP contribution < -0.4 is 5.73 Å². The molecule has 0 aliphatic carbocycles. The molecule has 2 nitrogen and oxygen atoms in total. The summed E-state index contributed by atoms with van der Waals surface area (Å²) in [6.07, 6.45) is 6.94. The molecule has 13 heavy (non-hydrogen) atoms. The number of hydrogen-bond acceptors (Lipinski definition) is 2. The molecule has 1 rings (SSSR count). The molecule has 0 amide bonds. The Bertz CT molecular complexity index is 117. The van der Waals surface area contributed by atoms with Crippen molar-refractivity contribution in [2.75, 3.05) is 26.2 Å². The van der Waals surface area contributed by atoms with Crippen molar-refractivity contribution in [1.82, 2.24) is 4.90 Å². The second-order valence-electron chi connectivity index (χ2n) is 4.39. The van der Waals surface area contributed by atoms with E-state index >= 15 is 0 Å². The summed E-state index contributed by atoms with van der Waals surface area (Å²) in [6, 6.07) is 0. The average Bonchev–Trinajstić information content (AvgIpc) is 2.42. The fourth-order valence-electron chi connectivity index (χ4n) is 1.88. The summed E-state index contributed by atoms with van der Waals surface area (Å²) in [7, 11) is 0. The summed E-state index contributed by atoms with van der Waals surface area (Å²) in [4.78, 5) is 2.61. The van der Waals surface area contributed by atoms with Gasteiger partial charge in [0.15, 0.2) is 0 Å². The van der Waals surface area contributed by atoms with Crippen LogP contribution in [0.25, 0.3) is 0 Å². The molecule has 1 saturated heterocycles. The molecular weight excluding hydrogens is 160 g/mol. The molecular formula is C11H24N2. The highest BCUT2D eigenvalue weighted by molar-refractivity contribution is 4.65. The molecule has 0 aromatic rings. The summed E-state index contributed by atoms with van der Waals surface area (Å²) in [6.45, 7) is 6.98. The third kappa shape index (κ3) is 4.63. The number of nitrogens with two attached hydrogens (primary N) is 1. The highest BCUT2D eigenvalue weighted by Crippen LogP contribution is 2.11. The van der Waals surface area contributed by atoms with Crippen LogP contribution in [0.4, 0.5) is 0 Å². The number of rotatable bonds is 4. The summed E-state index contributed by atoms with van der Waals surface area (Å²) in [5.74, 6) is 0.697. The predicted molar refractivity (Wildman–Crippen MR) is 57.7 cm³/mol. The second-order valence-corrected chi connectivity index (χ2v) is 4.39. The Morgan fingerprint density at radius 3 is 2.31 bits per heavy atom. The van der Waals surface area contributed by atoms with Crippen LogP contribution in [0.15, 0.2) is 0 Å². The van der Waals surface area contributed by atoms with Gasteiger partial charge < -0.3 is 10.6 Å². The standard InChI is InChI=1S/C11H24N2/c1-11(10-12)6-9-13-7-4-2-3-5-8-13/h11H,2-10,12H2,1H3. The fourth-order valence-corrected chi connectivity index (χ4v) is 1.88. The van der Waals surface area contributed by atoms with Crippen LogP contribution >= 0.6 is 0 Å². The minimum atomic E-state index is 0.697. The molecule has 1 heterocycles. The van der Waals surface area contributed by atoms with Crippen LogP contribution in [0.3, 0.4) is 0 Å². The minimum absolute atomic E-state index is 0.697. The Hall–Kier alpha value is -0.0800. The van der Waals surface area contributed by atoms with Crippen molar-refractivity contribution in [3.05, 3.63) is 0 Å². The van der Waals surface area contributed by atoms with Crippen molar-refractivity contribution in [1.29, 1.82) is 0 Å². The third-order valence-corrected chi connectivity index (χ3v) is 3.04. The van der Waals surface area contributed by atoms with E-state index in [1.54, 1.807) is 0 Å². The highest BCUT2D eigenvalue weighted by atomic mass is 15.1. The Morgan fingerprint density at radius 1 is 1.15 bits per heavy atom. The zero-order valence-corrected chi connectivity index (χ0v) is 8.97. The van der Waals surface area contributed by atoms with Gasteiger partial charge in [-0.25, -0.2) is 0 Å². The lowest BCUT2D eigenvalue weighted by Crippen LogP contribution is -2.28. The van der Waals surface area contributed by atoms with Gasteiger partial charge in [0, 0.05) is 0 Å². The summed E-state index contributed by atoms with van der Waals surface area (Å²) in [5, 5.41) is 0. The molecule has 0 radical (unpaired) electrons. The minimum Gasteiger partial charge on any atom is -0.330 e. The van der Waals surface area contributed by atoms with Gasteiger partial charge in [0.05, 0.1) is 0 Å². The van der Waals surface area contributed by atoms with Crippen molar-refractivity contribution >= 4 is 0 Å². The van der Waals surface area contributed by atoms with Crippen LogP contribution in [0, 0.1) is 5.92 Å². The molecule has 0 spiro atoms. The molecule has 0 saturated carbocycles. The van der Waals surface area contributed by atoms with E-state index in [9.17, 15) is 0 Å². The Morgan fingerprint density at radius 2 is 1.77 bits per heavy atom. The van der Waals surface area contributed by atoms with Gasteiger partial charge in [0.1, 0.15) is 0 Å². The lowest BCUT2D eigenvalue weighted by Gasteiger charge is -2.21. The SMILES string of the molecule is CC(CN)CCN1CCCCCC1. The Balaban J connectivity index is 2.11. The largest absolute Gasteiger partial charge is 0.330 e. The molecule has 1 aliphatic rings. The van der Waals surface area contributed by atoms with Crippen molar-refractivity contribution in [3.8, 4) is 0 Å². The van der Waals surface area contributed by atoms with Crippen LogP contribution in [-0.2, 0) is 0 Å². The number of hydrogen-bond donors (Lipinski definition) is 1. The van der Waals surface area contributed by atoms with Crippen molar-refractivity contribution in [2.45, 2.75) is 39.0 Å². The smallest absolute Gasteiger partial charge is 0.00157 e. The third-order valence-electron chi connectivity index (χ3n) is 3.04. The second kappa shape index (κ2) is 6.39. The molecule has 0 aromatic carbocycles. The maximum Gasteiger partial charge on any atom is -0.00157 e. The van der Waals surface area contributed by atoms with Gasteiger partial charge in [0.25, 0.3) is 0 Å². The first-order chi connectivity index (χ1) is 6.33. The lowest BCUT2D eigenvalue weighted by atomic mass is 10.1. The molecule has 1 aliphatic heterocycles. The van der Waals surface area contributed by atoms with E-state index in [-0.39, 0.29) is 0 Å². The molecule has 0 bridgehead atoms. The van der Waals surface area contributed by atoms with Crippen molar-refractivity contribution < 1.29 is 0 Å². The maximum atomic E-state index is 5.60. The molecule has 1 unspecified atom stereocenters. The summed E-state index contributed by atoms with van der Waals surface area (Å²) < 4.78 is 0. The van der Waals surface area contributed by atoms with Gasteiger partial charge in [-0.3, -0.25) is 0 Å². The summed E-state index contributed by atoms with van der Waals surface area (Å²) >= 11 is 0. The van der Waals surface area contributed by atoms with Gasteiger partial charge in [-0.1, -0.05) is 19.8 Å². The maximum absolute atomic E-state index is 5.60. The number of likely N-dealkylation sites (tertiary alicyclic amines) is 1. The normalized spacial score (nSPS) is 22.6. The summed E-state index contributed by atoms with van der Waals surface area (Å²) in [5.41, 5.74) is 5.60. The Kier molecular flexibility index (Phi) is 5.40. The van der Waals surface area contributed by atoms with Gasteiger partial charge in [0.2, 0.25) is 0 Å². The van der Waals surface area contributed by atoms with Gasteiger partial charge in [-0.05, 0) is 51.4 Å². The van der Waals surface area contributed by atoms with E-state index < -0.39 is 0 Å². The van der Waals surface area contributed by atoms with Crippen LogP contribution in [0.2, 0.25) is 0 Å². The topological polar surface area (TPSA) is 29.3 Å². The van der Waals surface area contributed by atoms with Gasteiger partial charge in [-0.15, -0.1) is 0 Å². The van der Waals surface area contributed by atoms with Gasteiger partial charge in [-0.2, -0.15) is 0 Å². The first kappa shape index (κ1) is 11.0. The zero-order chi connectivity index (χ0) is 9.52. The molecule has 2 heteroatoms. The van der Waals surface area contributed by atoms with Crippen LogP contribution in [-0.4, -0.2) is 31.1 Å². The first-order valence-electron chi connectivity index (χ1n) is 5.75. The molecule has 1 atom stereocenters. The molecule has 2 N–H and O–H groups in total. The van der Waals surface area contributed by atoms with Crippen LogP contribution in [0.1, 0.15) is 39.0 Å². The molecule has 78 valence electrons. The predicted octanol–water partition coefficient (Wildman–Crippen LogP) is 1.85. The van der Waals surface area contributed by atoms with Gasteiger partial charge >= 0.3 is 0 Å². The molecule has 1 fully saturated rings. The lowest BCUT2D eigenvalue weighted by molar-refractivity contribution is 0.265. The van der Waals surface area contributed by atoms with E-state index in [0.717, 1.165) is 6.54 Å².